The smallest absolute Gasteiger partial charge is 0.315 e. The Labute approximate surface area is 92.5 Å². The molecule has 0 saturated carbocycles. The van der Waals surface area contributed by atoms with Crippen LogP contribution >= 0.6 is 11.3 Å². The zero-order valence-electron chi connectivity index (χ0n) is 8.56. The largest absolute Gasteiger partial charge is 0.395 e. The first-order valence-corrected chi connectivity index (χ1v) is 5.70. The summed E-state index contributed by atoms with van der Waals surface area (Å²) in [6.07, 6.45) is 2.51. The van der Waals surface area contributed by atoms with Crippen molar-refractivity contribution in [1.82, 2.24) is 15.6 Å². The molecule has 84 valence electrons. The van der Waals surface area contributed by atoms with Gasteiger partial charge in [-0.25, -0.2) is 9.78 Å². The number of amides is 2. The second-order valence-corrected chi connectivity index (χ2v) is 3.88. The molecular weight excluding hydrogens is 214 g/mol. The number of carbonyl (C=O) groups excluding carboxylic acids is 1. The van der Waals surface area contributed by atoms with Crippen molar-refractivity contribution in [3.63, 3.8) is 0 Å². The normalized spacial score (nSPS) is 12.1. The lowest BCUT2D eigenvalue weighted by atomic mass is 10.2. The van der Waals surface area contributed by atoms with Crippen LogP contribution in [0.5, 0.6) is 0 Å². The van der Waals surface area contributed by atoms with E-state index >= 15 is 0 Å². The van der Waals surface area contributed by atoms with Crippen molar-refractivity contribution in [1.29, 1.82) is 0 Å². The van der Waals surface area contributed by atoms with E-state index in [-0.39, 0.29) is 25.2 Å². The van der Waals surface area contributed by atoms with Crippen LogP contribution in [0.3, 0.4) is 0 Å². The van der Waals surface area contributed by atoms with Gasteiger partial charge in [0.25, 0.3) is 0 Å². The van der Waals surface area contributed by atoms with E-state index in [1.165, 1.54) is 11.3 Å². The van der Waals surface area contributed by atoms with E-state index in [4.69, 9.17) is 5.11 Å². The maximum Gasteiger partial charge on any atom is 0.315 e. The quantitative estimate of drug-likeness (QED) is 0.702. The van der Waals surface area contributed by atoms with Crippen molar-refractivity contribution in [2.45, 2.75) is 19.4 Å². The minimum absolute atomic E-state index is 0.0521. The second kappa shape index (κ2) is 6.36. The number of urea groups is 1. The SMILES string of the molecule is CCC(NC(=O)NCCO)c1nccs1. The molecule has 1 unspecified atom stereocenters. The molecule has 1 aromatic heterocycles. The zero-order valence-corrected chi connectivity index (χ0v) is 9.38. The molecule has 0 aliphatic carbocycles. The minimum atomic E-state index is -0.272. The molecule has 0 fully saturated rings. The van der Waals surface area contributed by atoms with Gasteiger partial charge >= 0.3 is 6.03 Å². The Bertz CT molecular complexity index is 290. The van der Waals surface area contributed by atoms with E-state index in [0.29, 0.717) is 0 Å². The maximum absolute atomic E-state index is 11.3. The monoisotopic (exact) mass is 229 g/mol. The topological polar surface area (TPSA) is 74.2 Å². The van der Waals surface area contributed by atoms with Gasteiger partial charge in [0.1, 0.15) is 5.01 Å². The number of nitrogens with one attached hydrogen (secondary N) is 2. The highest BCUT2D eigenvalue weighted by molar-refractivity contribution is 7.09. The van der Waals surface area contributed by atoms with Crippen LogP contribution in [-0.4, -0.2) is 29.3 Å². The van der Waals surface area contributed by atoms with Crippen LogP contribution in [-0.2, 0) is 0 Å². The molecule has 1 rings (SSSR count). The number of aliphatic hydroxyl groups excluding tert-OH is 1. The van der Waals surface area contributed by atoms with Gasteiger partial charge in [-0.05, 0) is 6.42 Å². The number of aromatic nitrogens is 1. The van der Waals surface area contributed by atoms with Crippen molar-refractivity contribution in [2.24, 2.45) is 0 Å². The third kappa shape index (κ3) is 3.85. The van der Waals surface area contributed by atoms with Crippen molar-refractivity contribution < 1.29 is 9.90 Å². The summed E-state index contributed by atoms with van der Waals surface area (Å²) in [5, 5.41) is 16.6. The molecule has 6 heteroatoms. The number of nitrogens with zero attached hydrogens (tertiary/aromatic N) is 1. The number of carbonyl (C=O) groups is 1. The van der Waals surface area contributed by atoms with Gasteiger partial charge in [0.15, 0.2) is 0 Å². The third-order valence-electron chi connectivity index (χ3n) is 1.86. The Balaban J connectivity index is 2.44. The van der Waals surface area contributed by atoms with Crippen LogP contribution in [0.1, 0.15) is 24.4 Å². The molecule has 2 amide bonds. The molecule has 0 bridgehead atoms. The molecule has 0 radical (unpaired) electrons. The lowest BCUT2D eigenvalue weighted by molar-refractivity contribution is 0.230. The maximum atomic E-state index is 11.3. The van der Waals surface area contributed by atoms with Gasteiger partial charge in [-0.15, -0.1) is 11.3 Å². The van der Waals surface area contributed by atoms with Crippen molar-refractivity contribution in [3.8, 4) is 0 Å². The van der Waals surface area contributed by atoms with Gasteiger partial charge in [-0.1, -0.05) is 6.92 Å². The molecule has 0 spiro atoms. The summed E-state index contributed by atoms with van der Waals surface area (Å²) in [7, 11) is 0. The highest BCUT2D eigenvalue weighted by Crippen LogP contribution is 2.18. The first-order chi connectivity index (χ1) is 7.27. The number of hydrogen-bond donors (Lipinski definition) is 3. The van der Waals surface area contributed by atoms with Crippen molar-refractivity contribution >= 4 is 17.4 Å². The molecule has 0 saturated heterocycles. The molecular formula is C9H15N3O2S. The summed E-state index contributed by atoms with van der Waals surface area (Å²) in [5.74, 6) is 0. The summed E-state index contributed by atoms with van der Waals surface area (Å²) in [5.41, 5.74) is 0. The van der Waals surface area contributed by atoms with E-state index in [1.807, 2.05) is 12.3 Å². The fraction of sp³-hybridized carbons (Fsp3) is 0.556. The van der Waals surface area contributed by atoms with E-state index in [9.17, 15) is 4.79 Å². The standard InChI is InChI=1S/C9H15N3O2S/c1-2-7(8-10-4-6-15-8)12-9(14)11-3-5-13/h4,6-7,13H,2-3,5H2,1H3,(H2,11,12,14). The highest BCUT2D eigenvalue weighted by atomic mass is 32.1. The Hall–Kier alpha value is -1.14. The Kier molecular flexibility index (Phi) is 5.06. The zero-order chi connectivity index (χ0) is 11.1. The molecule has 1 atom stereocenters. The van der Waals surface area contributed by atoms with E-state index in [1.54, 1.807) is 6.20 Å². The molecule has 1 aromatic rings. The molecule has 0 aliphatic heterocycles. The third-order valence-corrected chi connectivity index (χ3v) is 2.75. The first kappa shape index (κ1) is 11.9. The summed E-state index contributed by atoms with van der Waals surface area (Å²) in [4.78, 5) is 15.5. The predicted molar refractivity (Wildman–Crippen MR) is 58.8 cm³/mol. The molecule has 1 heterocycles. The van der Waals surface area contributed by atoms with Gasteiger partial charge in [0, 0.05) is 18.1 Å². The summed E-state index contributed by atoms with van der Waals surface area (Å²) >= 11 is 1.52. The van der Waals surface area contributed by atoms with Crippen LogP contribution in [0, 0.1) is 0 Å². The average Bonchev–Trinajstić information content (AvgIpc) is 2.76. The number of rotatable bonds is 5. The molecule has 3 N–H and O–H groups in total. The van der Waals surface area contributed by atoms with Crippen molar-refractivity contribution in [3.05, 3.63) is 16.6 Å². The van der Waals surface area contributed by atoms with Crippen LogP contribution in [0.2, 0.25) is 0 Å². The number of thiazole rings is 1. The number of aliphatic hydroxyl groups is 1. The summed E-state index contributed by atoms with van der Waals surface area (Å²) in [6.45, 7) is 2.19. The average molecular weight is 229 g/mol. The van der Waals surface area contributed by atoms with E-state index in [0.717, 1.165) is 11.4 Å². The lowest BCUT2D eigenvalue weighted by Crippen LogP contribution is -2.39. The lowest BCUT2D eigenvalue weighted by Gasteiger charge is -2.14. The van der Waals surface area contributed by atoms with Gasteiger partial charge < -0.3 is 15.7 Å². The highest BCUT2D eigenvalue weighted by Gasteiger charge is 2.13. The van der Waals surface area contributed by atoms with E-state index < -0.39 is 0 Å². The molecule has 0 aromatic carbocycles. The second-order valence-electron chi connectivity index (χ2n) is 2.96. The van der Waals surface area contributed by atoms with Crippen LogP contribution in [0.15, 0.2) is 11.6 Å². The van der Waals surface area contributed by atoms with Crippen LogP contribution in [0.25, 0.3) is 0 Å². The first-order valence-electron chi connectivity index (χ1n) is 4.82. The van der Waals surface area contributed by atoms with Gasteiger partial charge in [-0.2, -0.15) is 0 Å². The number of hydrogen-bond acceptors (Lipinski definition) is 4. The molecule has 0 aliphatic rings. The van der Waals surface area contributed by atoms with Gasteiger partial charge in [-0.3, -0.25) is 0 Å². The van der Waals surface area contributed by atoms with Gasteiger partial charge in [0.05, 0.1) is 12.6 Å². The van der Waals surface area contributed by atoms with Crippen molar-refractivity contribution in [2.75, 3.05) is 13.2 Å². The van der Waals surface area contributed by atoms with Crippen LogP contribution < -0.4 is 10.6 Å². The Morgan fingerprint density at radius 3 is 3.07 bits per heavy atom. The summed E-state index contributed by atoms with van der Waals surface area (Å²) < 4.78 is 0. The Morgan fingerprint density at radius 2 is 2.53 bits per heavy atom. The van der Waals surface area contributed by atoms with E-state index in [2.05, 4.69) is 15.6 Å². The van der Waals surface area contributed by atoms with Crippen LogP contribution in [0.4, 0.5) is 4.79 Å². The Morgan fingerprint density at radius 1 is 1.73 bits per heavy atom. The minimum Gasteiger partial charge on any atom is -0.395 e. The fourth-order valence-electron chi connectivity index (χ4n) is 1.12. The molecule has 15 heavy (non-hydrogen) atoms. The predicted octanol–water partition coefficient (Wildman–Crippen LogP) is 0.886. The van der Waals surface area contributed by atoms with Gasteiger partial charge in [0.2, 0.25) is 0 Å². The molecule has 5 nitrogen and oxygen atoms in total. The summed E-state index contributed by atoms with van der Waals surface area (Å²) in [6, 6.07) is -0.324. The fourth-order valence-corrected chi connectivity index (χ4v) is 1.90.